The number of ether oxygens (including phenoxy) is 1. The van der Waals surface area contributed by atoms with Crippen molar-refractivity contribution in [2.75, 3.05) is 6.61 Å². The Bertz CT molecular complexity index is 1530. The van der Waals surface area contributed by atoms with Gasteiger partial charge < -0.3 is 18.6 Å². The lowest BCUT2D eigenvalue weighted by molar-refractivity contribution is 0.0705. The molecule has 5 rings (SSSR count). The van der Waals surface area contributed by atoms with E-state index in [4.69, 9.17) is 9.15 Å². The predicted octanol–water partition coefficient (Wildman–Crippen LogP) is 4.75. The van der Waals surface area contributed by atoms with Gasteiger partial charge in [0, 0.05) is 17.7 Å². The molecule has 8 nitrogen and oxygen atoms in total. The third-order valence-electron chi connectivity index (χ3n) is 6.55. The molecule has 39 heavy (non-hydrogen) atoms. The van der Waals surface area contributed by atoms with Crippen LogP contribution in [0.1, 0.15) is 40.2 Å². The summed E-state index contributed by atoms with van der Waals surface area (Å²) in [5, 5.41) is -0.219. The van der Waals surface area contributed by atoms with Crippen molar-refractivity contribution in [3.8, 4) is 0 Å². The van der Waals surface area contributed by atoms with Crippen LogP contribution in [0.5, 0.6) is 0 Å². The molecule has 0 saturated carbocycles. The van der Waals surface area contributed by atoms with Crippen molar-refractivity contribution < 1.29 is 31.1 Å². The zero-order valence-electron chi connectivity index (χ0n) is 21.0. The molecule has 0 aliphatic carbocycles. The maximum absolute atomic E-state index is 14.3. The maximum atomic E-state index is 14.3. The van der Waals surface area contributed by atoms with Crippen molar-refractivity contribution in [2.45, 2.75) is 49.5 Å². The zero-order valence-corrected chi connectivity index (χ0v) is 21.8. The van der Waals surface area contributed by atoms with E-state index in [0.717, 1.165) is 12.8 Å². The van der Waals surface area contributed by atoms with E-state index in [0.29, 0.717) is 18.1 Å². The van der Waals surface area contributed by atoms with Crippen molar-refractivity contribution in [1.82, 2.24) is 14.5 Å². The zero-order chi connectivity index (χ0) is 27.4. The quantitative estimate of drug-likeness (QED) is 0.280. The number of rotatable bonds is 10. The number of carbonyl (C=O) groups is 1. The summed E-state index contributed by atoms with van der Waals surface area (Å²) in [5.41, 5.74) is 0.761. The minimum Gasteiger partial charge on any atom is -0.467 e. The highest BCUT2D eigenvalue weighted by Gasteiger charge is 2.29. The van der Waals surface area contributed by atoms with E-state index in [1.807, 2.05) is 0 Å². The highest BCUT2D eigenvalue weighted by atomic mass is 32.2. The fraction of sp³-hybridized carbons (Fsp3) is 0.286. The normalized spacial score (nSPS) is 15.5. The largest absolute Gasteiger partial charge is 0.467 e. The Morgan fingerprint density at radius 1 is 1.05 bits per heavy atom. The molecule has 3 heterocycles. The Morgan fingerprint density at radius 3 is 2.54 bits per heavy atom. The smallest absolute Gasteiger partial charge is 0.254 e. The van der Waals surface area contributed by atoms with E-state index < -0.39 is 33.1 Å². The van der Waals surface area contributed by atoms with Gasteiger partial charge in [0.25, 0.3) is 5.91 Å². The van der Waals surface area contributed by atoms with E-state index in [2.05, 4.69) is 4.98 Å². The second kappa shape index (κ2) is 11.5. The number of benzene rings is 2. The van der Waals surface area contributed by atoms with E-state index in [9.17, 15) is 22.0 Å². The van der Waals surface area contributed by atoms with Crippen LogP contribution in [0.2, 0.25) is 0 Å². The van der Waals surface area contributed by atoms with Gasteiger partial charge in [0.15, 0.2) is 0 Å². The first-order valence-corrected chi connectivity index (χ1v) is 14.1. The van der Waals surface area contributed by atoms with Crippen LogP contribution in [0.25, 0.3) is 0 Å². The lowest BCUT2D eigenvalue weighted by atomic mass is 10.2. The lowest BCUT2D eigenvalue weighted by Gasteiger charge is -2.24. The second-order valence-electron chi connectivity index (χ2n) is 9.38. The maximum Gasteiger partial charge on any atom is 0.254 e. The molecule has 1 aliphatic rings. The third-order valence-corrected chi connectivity index (χ3v) is 8.12. The molecule has 4 aromatic rings. The molecule has 2 aromatic heterocycles. The molecule has 1 fully saturated rings. The van der Waals surface area contributed by atoms with E-state index >= 15 is 0 Å². The molecule has 1 saturated heterocycles. The molecule has 2 aromatic carbocycles. The van der Waals surface area contributed by atoms with Gasteiger partial charge in [0.1, 0.15) is 17.4 Å². The summed E-state index contributed by atoms with van der Waals surface area (Å²) in [6.45, 7) is 0.859. The average molecular weight is 556 g/mol. The van der Waals surface area contributed by atoms with Crippen LogP contribution in [0.4, 0.5) is 8.78 Å². The monoisotopic (exact) mass is 555 g/mol. The number of hydrogen-bond donors (Lipinski definition) is 0. The number of halogens is 2. The average Bonchev–Trinajstić information content (AvgIpc) is 3.69. The Balaban J connectivity index is 1.50. The first kappa shape index (κ1) is 26.8. The van der Waals surface area contributed by atoms with Crippen LogP contribution < -0.4 is 0 Å². The fourth-order valence-corrected chi connectivity index (χ4v) is 6.11. The summed E-state index contributed by atoms with van der Waals surface area (Å²) in [7, 11) is -4.06. The molecule has 1 amide bonds. The van der Waals surface area contributed by atoms with E-state index in [-0.39, 0.29) is 42.0 Å². The van der Waals surface area contributed by atoms with Crippen LogP contribution in [0.15, 0.2) is 82.7 Å². The standard InChI is InChI=1S/C28H27F2N3O5S/c29-22-11-9-20(10-12-22)27(34)32(17-24-6-3-13-37-24)16-23-15-31-28(33(23)18-25-7-4-14-38-25)39(35,36)19-21-5-1-2-8-26(21)30/h1-3,5-6,8-13,15,25H,4,7,14,16-19H2. The summed E-state index contributed by atoms with van der Waals surface area (Å²) >= 11 is 0. The summed E-state index contributed by atoms with van der Waals surface area (Å²) < 4.78 is 67.5. The van der Waals surface area contributed by atoms with Crippen molar-refractivity contribution in [1.29, 1.82) is 0 Å². The fourth-order valence-electron chi connectivity index (χ4n) is 4.60. The van der Waals surface area contributed by atoms with Gasteiger partial charge in [-0.3, -0.25) is 4.79 Å². The Hall–Kier alpha value is -3.83. The first-order chi connectivity index (χ1) is 18.8. The Kier molecular flexibility index (Phi) is 7.89. The number of amides is 1. The first-order valence-electron chi connectivity index (χ1n) is 12.5. The molecule has 1 unspecified atom stereocenters. The Morgan fingerprint density at radius 2 is 1.85 bits per heavy atom. The van der Waals surface area contributed by atoms with Gasteiger partial charge >= 0.3 is 0 Å². The minimum absolute atomic E-state index is 0.00809. The van der Waals surface area contributed by atoms with Gasteiger partial charge in [-0.25, -0.2) is 22.2 Å². The Labute approximate surface area is 224 Å². The molecule has 1 atom stereocenters. The number of sulfone groups is 1. The van der Waals surface area contributed by atoms with Gasteiger partial charge in [-0.2, -0.15) is 0 Å². The molecule has 0 radical (unpaired) electrons. The van der Waals surface area contributed by atoms with Crippen molar-refractivity contribution in [3.63, 3.8) is 0 Å². The van der Waals surface area contributed by atoms with Crippen LogP contribution in [-0.2, 0) is 40.0 Å². The molecule has 0 bridgehead atoms. The minimum atomic E-state index is -4.06. The van der Waals surface area contributed by atoms with Crippen molar-refractivity contribution in [2.24, 2.45) is 0 Å². The summed E-state index contributed by atoms with van der Waals surface area (Å²) in [4.78, 5) is 19.2. The van der Waals surface area contributed by atoms with E-state index in [1.165, 1.54) is 59.8 Å². The van der Waals surface area contributed by atoms with Gasteiger partial charge in [-0.15, -0.1) is 0 Å². The van der Waals surface area contributed by atoms with E-state index in [1.54, 1.807) is 22.8 Å². The topological polar surface area (TPSA) is 94.6 Å². The second-order valence-corrected chi connectivity index (χ2v) is 11.3. The highest BCUT2D eigenvalue weighted by molar-refractivity contribution is 7.90. The third kappa shape index (κ3) is 6.26. The van der Waals surface area contributed by atoms with Gasteiger partial charge in [0.2, 0.25) is 15.0 Å². The molecule has 0 N–H and O–H groups in total. The molecule has 11 heteroatoms. The molecular weight excluding hydrogens is 528 g/mol. The summed E-state index contributed by atoms with van der Waals surface area (Å²) in [5.74, 6) is -1.53. The van der Waals surface area contributed by atoms with Crippen LogP contribution in [-0.4, -0.2) is 41.5 Å². The van der Waals surface area contributed by atoms with Gasteiger partial charge in [0.05, 0.1) is 49.6 Å². The molecular formula is C28H27F2N3O5S. The number of imidazole rings is 1. The number of aromatic nitrogens is 2. The molecule has 0 spiro atoms. The van der Waals surface area contributed by atoms with Crippen LogP contribution in [0.3, 0.4) is 0 Å². The van der Waals surface area contributed by atoms with Crippen molar-refractivity contribution in [3.05, 3.63) is 107 Å². The SMILES string of the molecule is O=C(c1ccc(F)cc1)N(Cc1ccco1)Cc1cnc(S(=O)(=O)Cc2ccccc2F)n1CC1CCCO1. The highest BCUT2D eigenvalue weighted by Crippen LogP contribution is 2.24. The van der Waals surface area contributed by atoms with Crippen molar-refractivity contribution >= 4 is 15.7 Å². The number of carbonyl (C=O) groups excluding carboxylic acids is 1. The number of furan rings is 1. The summed E-state index contributed by atoms with van der Waals surface area (Å²) in [6, 6.07) is 14.3. The van der Waals surface area contributed by atoms with Gasteiger partial charge in [-0.05, 0) is 55.3 Å². The summed E-state index contributed by atoms with van der Waals surface area (Å²) in [6.07, 6.45) is 4.27. The van der Waals surface area contributed by atoms with Gasteiger partial charge in [-0.1, -0.05) is 18.2 Å². The predicted molar refractivity (Wildman–Crippen MR) is 137 cm³/mol. The number of nitrogens with zero attached hydrogens (tertiary/aromatic N) is 3. The van der Waals surface area contributed by atoms with Crippen LogP contribution >= 0.6 is 0 Å². The lowest BCUT2D eigenvalue weighted by Crippen LogP contribution is -2.32. The molecule has 1 aliphatic heterocycles. The van der Waals surface area contributed by atoms with Crippen LogP contribution in [0, 0.1) is 11.6 Å². The number of hydrogen-bond acceptors (Lipinski definition) is 6. The molecule has 204 valence electrons.